The molecule has 82 valence electrons. The third-order valence-electron chi connectivity index (χ3n) is 2.26. The van der Waals surface area contributed by atoms with Crippen LogP contribution in [0.3, 0.4) is 0 Å². The Balaban J connectivity index is 2.48. The zero-order valence-corrected chi connectivity index (χ0v) is 8.43. The lowest BCUT2D eigenvalue weighted by atomic mass is 10.0. The van der Waals surface area contributed by atoms with Gasteiger partial charge in [-0.2, -0.15) is 0 Å². The molecular formula is C11H15NO3. The number of hydrogen-bond donors (Lipinski definition) is 2. The van der Waals surface area contributed by atoms with Crippen molar-refractivity contribution in [3.8, 4) is 0 Å². The van der Waals surface area contributed by atoms with E-state index >= 15 is 0 Å². The van der Waals surface area contributed by atoms with E-state index in [1.807, 2.05) is 30.3 Å². The summed E-state index contributed by atoms with van der Waals surface area (Å²) in [5, 5.41) is 19.7. The van der Waals surface area contributed by atoms with Crippen LogP contribution in [0.15, 0.2) is 30.3 Å². The Hall–Kier alpha value is -1.39. The van der Waals surface area contributed by atoms with Gasteiger partial charge in [-0.25, -0.2) is 0 Å². The molecule has 4 heteroatoms. The molecule has 4 nitrogen and oxygen atoms in total. The van der Waals surface area contributed by atoms with Crippen LogP contribution in [0, 0.1) is 0 Å². The van der Waals surface area contributed by atoms with E-state index in [4.69, 9.17) is 0 Å². The number of aliphatic hydroxyl groups is 1. The van der Waals surface area contributed by atoms with Crippen LogP contribution in [0.1, 0.15) is 12.0 Å². The minimum atomic E-state index is -1.25. The lowest BCUT2D eigenvalue weighted by molar-refractivity contribution is -0.438. The molecule has 0 unspecified atom stereocenters. The normalized spacial score (nSPS) is 14.5. The molecule has 2 atom stereocenters. The molecule has 0 spiro atoms. The number of aliphatic hydroxyl groups excluding tert-OH is 1. The second-order valence-corrected chi connectivity index (χ2v) is 3.59. The summed E-state index contributed by atoms with van der Waals surface area (Å²) in [4.78, 5) is 10.3. The number of benzene rings is 1. The van der Waals surface area contributed by atoms with Gasteiger partial charge < -0.3 is 20.7 Å². The lowest BCUT2D eigenvalue weighted by Crippen LogP contribution is -2.67. The highest BCUT2D eigenvalue weighted by atomic mass is 16.4. The molecule has 0 aliphatic rings. The number of aliphatic carboxylic acids is 1. The van der Waals surface area contributed by atoms with Crippen molar-refractivity contribution in [2.75, 3.05) is 0 Å². The summed E-state index contributed by atoms with van der Waals surface area (Å²) >= 11 is 0. The van der Waals surface area contributed by atoms with Crippen LogP contribution < -0.4 is 10.8 Å². The fourth-order valence-electron chi connectivity index (χ4n) is 1.39. The van der Waals surface area contributed by atoms with Crippen molar-refractivity contribution in [2.24, 2.45) is 0 Å². The first-order chi connectivity index (χ1) is 7.09. The summed E-state index contributed by atoms with van der Waals surface area (Å²) in [5.41, 5.74) is 4.78. The van der Waals surface area contributed by atoms with Gasteiger partial charge in [0.25, 0.3) is 0 Å². The molecule has 0 aliphatic heterocycles. The van der Waals surface area contributed by atoms with Gasteiger partial charge in [0.1, 0.15) is 12.1 Å². The average Bonchev–Trinajstić information content (AvgIpc) is 2.18. The highest BCUT2D eigenvalue weighted by Gasteiger charge is 2.18. The molecule has 1 rings (SSSR count). The molecule has 1 aromatic rings. The van der Waals surface area contributed by atoms with Gasteiger partial charge >= 0.3 is 0 Å². The van der Waals surface area contributed by atoms with Crippen LogP contribution in [0.25, 0.3) is 0 Å². The molecule has 1 aromatic carbocycles. The van der Waals surface area contributed by atoms with Crippen molar-refractivity contribution in [1.82, 2.24) is 0 Å². The number of hydrogen-bond acceptors (Lipinski definition) is 3. The van der Waals surface area contributed by atoms with E-state index in [0.29, 0.717) is 6.42 Å². The van der Waals surface area contributed by atoms with E-state index < -0.39 is 12.1 Å². The molecule has 15 heavy (non-hydrogen) atoms. The Labute approximate surface area is 88.3 Å². The van der Waals surface area contributed by atoms with Crippen molar-refractivity contribution in [3.05, 3.63) is 35.9 Å². The number of rotatable bonds is 5. The number of carbonyl (C=O) groups excluding carboxylic acids is 1. The molecule has 0 aliphatic carbocycles. The van der Waals surface area contributed by atoms with Gasteiger partial charge in [-0.3, -0.25) is 0 Å². The van der Waals surface area contributed by atoms with E-state index in [1.54, 1.807) is 0 Å². The van der Waals surface area contributed by atoms with Crippen LogP contribution in [-0.4, -0.2) is 23.2 Å². The van der Waals surface area contributed by atoms with Gasteiger partial charge in [-0.15, -0.1) is 0 Å². The lowest BCUT2D eigenvalue weighted by Gasteiger charge is -2.16. The van der Waals surface area contributed by atoms with Crippen LogP contribution in [0.5, 0.6) is 0 Å². The van der Waals surface area contributed by atoms with E-state index in [2.05, 4.69) is 5.73 Å². The number of quaternary nitrogens is 1. The maximum absolute atomic E-state index is 10.3. The second kappa shape index (κ2) is 5.48. The smallest absolute Gasteiger partial charge is 0.115 e. The van der Waals surface area contributed by atoms with Gasteiger partial charge in [-0.1, -0.05) is 30.3 Å². The quantitative estimate of drug-likeness (QED) is 0.608. The van der Waals surface area contributed by atoms with Crippen molar-refractivity contribution in [3.63, 3.8) is 0 Å². The second-order valence-electron chi connectivity index (χ2n) is 3.59. The van der Waals surface area contributed by atoms with E-state index in [1.165, 1.54) is 0 Å². The molecule has 4 N–H and O–H groups in total. The van der Waals surface area contributed by atoms with Crippen LogP contribution >= 0.6 is 0 Å². The summed E-state index contributed by atoms with van der Waals surface area (Å²) in [5.74, 6) is -1.25. The third-order valence-corrected chi connectivity index (χ3v) is 2.26. The number of carboxylic acid groups (broad SMARTS) is 1. The van der Waals surface area contributed by atoms with Crippen LogP contribution in [0.2, 0.25) is 0 Å². The standard InChI is InChI=1S/C11H15NO3/c12-9(10(13)7-11(14)15)6-8-4-2-1-3-5-8/h1-5,9-10,13H,6-7,12H2,(H,14,15)/t9-,10+/m1/s1. The minimum absolute atomic E-state index is 0.328. The zero-order chi connectivity index (χ0) is 11.3. The van der Waals surface area contributed by atoms with E-state index in [-0.39, 0.29) is 12.5 Å². The predicted octanol–water partition coefficient (Wildman–Crippen LogP) is -1.66. The van der Waals surface area contributed by atoms with Crippen molar-refractivity contribution in [2.45, 2.75) is 25.0 Å². The SMILES string of the molecule is [NH3+][C@H](Cc1ccccc1)[C@@H](O)CC(=O)[O-]. The Morgan fingerprint density at radius 1 is 1.40 bits per heavy atom. The van der Waals surface area contributed by atoms with Gasteiger partial charge in [-0.05, 0) is 5.56 Å². The molecule has 0 saturated heterocycles. The molecule has 0 saturated carbocycles. The Kier molecular flexibility index (Phi) is 4.27. The largest absolute Gasteiger partial charge is 0.550 e. The van der Waals surface area contributed by atoms with Crippen LogP contribution in [0.4, 0.5) is 0 Å². The third kappa shape index (κ3) is 4.10. The molecule has 0 heterocycles. The van der Waals surface area contributed by atoms with E-state index in [0.717, 1.165) is 5.56 Å². The predicted molar refractivity (Wildman–Crippen MR) is 52.5 cm³/mol. The van der Waals surface area contributed by atoms with E-state index in [9.17, 15) is 15.0 Å². The molecular weight excluding hydrogens is 194 g/mol. The maximum atomic E-state index is 10.3. The van der Waals surface area contributed by atoms with Gasteiger partial charge in [0.2, 0.25) is 0 Å². The Morgan fingerprint density at radius 2 is 2.00 bits per heavy atom. The first kappa shape index (κ1) is 11.7. The van der Waals surface area contributed by atoms with Gasteiger partial charge in [0.05, 0.1) is 0 Å². The summed E-state index contributed by atoms with van der Waals surface area (Å²) in [6, 6.07) is 9.21. The van der Waals surface area contributed by atoms with Crippen molar-refractivity contribution < 1.29 is 20.7 Å². The summed E-state index contributed by atoms with van der Waals surface area (Å²) in [6.45, 7) is 0. The molecule has 0 radical (unpaired) electrons. The summed E-state index contributed by atoms with van der Waals surface area (Å²) in [7, 11) is 0. The highest BCUT2D eigenvalue weighted by molar-refractivity contribution is 5.64. The summed E-state index contributed by atoms with van der Waals surface area (Å²) < 4.78 is 0. The Morgan fingerprint density at radius 3 is 2.53 bits per heavy atom. The van der Waals surface area contributed by atoms with Crippen molar-refractivity contribution in [1.29, 1.82) is 0 Å². The minimum Gasteiger partial charge on any atom is -0.550 e. The molecule has 0 fully saturated rings. The molecule has 0 amide bonds. The first-order valence-corrected chi connectivity index (χ1v) is 4.84. The van der Waals surface area contributed by atoms with Gasteiger partial charge in [0.15, 0.2) is 0 Å². The monoisotopic (exact) mass is 209 g/mol. The molecule has 0 bridgehead atoms. The maximum Gasteiger partial charge on any atom is 0.115 e. The van der Waals surface area contributed by atoms with Crippen molar-refractivity contribution >= 4 is 5.97 Å². The number of carboxylic acids is 1. The first-order valence-electron chi connectivity index (χ1n) is 4.84. The zero-order valence-electron chi connectivity index (χ0n) is 8.43. The average molecular weight is 209 g/mol. The fraction of sp³-hybridized carbons (Fsp3) is 0.364. The number of carbonyl (C=O) groups is 1. The summed E-state index contributed by atoms with van der Waals surface area (Å²) in [6.07, 6.45) is -0.744. The molecule has 0 aromatic heterocycles. The van der Waals surface area contributed by atoms with Crippen LogP contribution in [-0.2, 0) is 11.2 Å². The highest BCUT2D eigenvalue weighted by Crippen LogP contribution is 2.05. The van der Waals surface area contributed by atoms with Gasteiger partial charge in [0, 0.05) is 18.8 Å². The Bertz CT molecular complexity index is 313. The topological polar surface area (TPSA) is 88.0 Å². The fourth-order valence-corrected chi connectivity index (χ4v) is 1.39.